The van der Waals surface area contributed by atoms with Gasteiger partial charge in [0.25, 0.3) is 0 Å². The highest BCUT2D eigenvalue weighted by atomic mass is 16.2. The van der Waals surface area contributed by atoms with Crippen molar-refractivity contribution in [1.82, 2.24) is 14.3 Å². The Hall–Kier alpha value is -2.66. The quantitative estimate of drug-likeness (QED) is 0.801. The summed E-state index contributed by atoms with van der Waals surface area (Å²) in [5, 5.41) is 0. The molecule has 24 heavy (non-hydrogen) atoms. The topological polar surface area (TPSA) is 63.6 Å². The molecule has 1 amide bonds. The van der Waals surface area contributed by atoms with Crippen LogP contribution in [0.2, 0.25) is 0 Å². The van der Waals surface area contributed by atoms with Crippen molar-refractivity contribution in [2.75, 3.05) is 13.1 Å². The number of nitrogens with zero attached hydrogens (tertiary/aromatic N) is 3. The van der Waals surface area contributed by atoms with Crippen LogP contribution >= 0.6 is 0 Å². The summed E-state index contributed by atoms with van der Waals surface area (Å²) in [6, 6.07) is 16.0. The van der Waals surface area contributed by atoms with Crippen LogP contribution in [-0.4, -0.2) is 39.3 Å². The Balaban J connectivity index is 1.47. The minimum absolute atomic E-state index is 0.0163. The van der Waals surface area contributed by atoms with Crippen LogP contribution in [0.5, 0.6) is 0 Å². The Kier molecular flexibility index (Phi) is 3.78. The molecule has 0 saturated carbocycles. The highest BCUT2D eigenvalue weighted by Crippen LogP contribution is 2.26. The normalized spacial score (nSPS) is 20.6. The molecule has 2 atom stereocenters. The monoisotopic (exact) mass is 320 g/mol. The van der Waals surface area contributed by atoms with Gasteiger partial charge in [-0.05, 0) is 17.7 Å². The van der Waals surface area contributed by atoms with E-state index in [1.165, 1.54) is 5.56 Å². The molecular weight excluding hydrogens is 300 g/mol. The largest absolute Gasteiger partial charge is 0.340 e. The Morgan fingerprint density at radius 1 is 1.12 bits per heavy atom. The zero-order chi connectivity index (χ0) is 16.5. The third kappa shape index (κ3) is 2.78. The number of benzene rings is 1. The van der Waals surface area contributed by atoms with E-state index in [2.05, 4.69) is 17.1 Å². The molecule has 1 saturated heterocycles. The minimum Gasteiger partial charge on any atom is -0.340 e. The van der Waals surface area contributed by atoms with Crippen molar-refractivity contribution in [2.45, 2.75) is 18.4 Å². The van der Waals surface area contributed by atoms with Crippen LogP contribution < -0.4 is 5.73 Å². The van der Waals surface area contributed by atoms with Gasteiger partial charge < -0.3 is 15.0 Å². The molecule has 1 aliphatic rings. The van der Waals surface area contributed by atoms with Gasteiger partial charge in [0.2, 0.25) is 5.91 Å². The second-order valence-corrected chi connectivity index (χ2v) is 6.35. The number of fused-ring (bicyclic) bond motifs is 1. The molecule has 2 N–H and O–H groups in total. The molecular formula is C19H20N4O. The van der Waals surface area contributed by atoms with Crippen molar-refractivity contribution >= 4 is 11.6 Å². The molecule has 1 fully saturated rings. The lowest BCUT2D eigenvalue weighted by Crippen LogP contribution is -2.33. The molecule has 2 aromatic heterocycles. The maximum Gasteiger partial charge on any atom is 0.228 e. The molecule has 0 radical (unpaired) electrons. The molecule has 1 aliphatic heterocycles. The molecule has 0 spiro atoms. The lowest BCUT2D eigenvalue weighted by molar-refractivity contribution is -0.129. The van der Waals surface area contributed by atoms with Crippen molar-refractivity contribution in [3.05, 3.63) is 72.2 Å². The average Bonchev–Trinajstić information content (AvgIpc) is 3.18. The van der Waals surface area contributed by atoms with Crippen LogP contribution in [-0.2, 0) is 11.2 Å². The second kappa shape index (κ2) is 6.09. The predicted molar refractivity (Wildman–Crippen MR) is 92.6 cm³/mol. The first-order chi connectivity index (χ1) is 11.7. The Labute approximate surface area is 140 Å². The van der Waals surface area contributed by atoms with Gasteiger partial charge >= 0.3 is 0 Å². The number of nitrogens with two attached hydrogens (primary N) is 1. The SMILES string of the molecule is N[C@@H]1CN(C(=O)Cc2cn3ccccc3n2)C[C@H]1c1ccccc1. The number of carbonyl (C=O) groups excluding carboxylic acids is 1. The molecule has 5 heteroatoms. The van der Waals surface area contributed by atoms with Crippen LogP contribution in [0.25, 0.3) is 5.65 Å². The maximum atomic E-state index is 12.6. The number of hydrogen-bond acceptors (Lipinski definition) is 3. The van der Waals surface area contributed by atoms with Crippen LogP contribution in [0.15, 0.2) is 60.9 Å². The zero-order valence-corrected chi connectivity index (χ0v) is 13.4. The van der Waals surface area contributed by atoms with Gasteiger partial charge in [-0.3, -0.25) is 4.79 Å². The molecule has 5 nitrogen and oxygen atoms in total. The van der Waals surface area contributed by atoms with Crippen molar-refractivity contribution in [2.24, 2.45) is 5.73 Å². The van der Waals surface area contributed by atoms with E-state index in [9.17, 15) is 4.79 Å². The Morgan fingerprint density at radius 3 is 2.71 bits per heavy atom. The fourth-order valence-electron chi connectivity index (χ4n) is 3.42. The van der Waals surface area contributed by atoms with Gasteiger partial charge in [0.15, 0.2) is 0 Å². The van der Waals surface area contributed by atoms with Gasteiger partial charge in [-0.1, -0.05) is 36.4 Å². The van der Waals surface area contributed by atoms with Gasteiger partial charge in [-0.2, -0.15) is 0 Å². The predicted octanol–water partition coefficient (Wildman–Crippen LogP) is 1.83. The molecule has 3 heterocycles. The summed E-state index contributed by atoms with van der Waals surface area (Å²) >= 11 is 0. The number of rotatable bonds is 3. The van der Waals surface area contributed by atoms with E-state index in [4.69, 9.17) is 5.73 Å². The number of carbonyl (C=O) groups is 1. The van der Waals surface area contributed by atoms with E-state index < -0.39 is 0 Å². The number of aromatic nitrogens is 2. The standard InChI is InChI=1S/C19H20N4O/c20-17-13-23(12-16(17)14-6-2-1-3-7-14)19(24)10-15-11-22-9-5-4-8-18(22)21-15/h1-9,11,16-17H,10,12-13,20H2/t16-,17+/m0/s1. The summed E-state index contributed by atoms with van der Waals surface area (Å²) in [5.74, 6) is 0.295. The van der Waals surface area contributed by atoms with E-state index >= 15 is 0 Å². The molecule has 0 aliphatic carbocycles. The maximum absolute atomic E-state index is 12.6. The lowest BCUT2D eigenvalue weighted by atomic mass is 9.95. The summed E-state index contributed by atoms with van der Waals surface area (Å²) in [6.45, 7) is 1.28. The fraction of sp³-hybridized carbons (Fsp3) is 0.263. The summed E-state index contributed by atoms with van der Waals surface area (Å²) in [6.07, 6.45) is 4.17. The zero-order valence-electron chi connectivity index (χ0n) is 13.4. The summed E-state index contributed by atoms with van der Waals surface area (Å²) in [5.41, 5.74) is 9.14. The average molecular weight is 320 g/mol. The van der Waals surface area contributed by atoms with Crippen molar-refractivity contribution in [3.63, 3.8) is 0 Å². The molecule has 122 valence electrons. The number of likely N-dealkylation sites (tertiary alicyclic amines) is 1. The van der Waals surface area contributed by atoms with Crippen LogP contribution in [0, 0.1) is 0 Å². The molecule has 0 bridgehead atoms. The first kappa shape index (κ1) is 14.9. The van der Waals surface area contributed by atoms with Gasteiger partial charge in [-0.25, -0.2) is 4.98 Å². The van der Waals surface area contributed by atoms with E-state index in [1.54, 1.807) is 0 Å². The molecule has 0 unspecified atom stereocenters. The third-order valence-electron chi connectivity index (χ3n) is 4.69. The number of pyridine rings is 1. The minimum atomic E-state index is -0.0163. The Bertz CT molecular complexity index is 825. The fourth-order valence-corrected chi connectivity index (χ4v) is 3.42. The van der Waals surface area contributed by atoms with Crippen molar-refractivity contribution < 1.29 is 4.79 Å². The highest BCUT2D eigenvalue weighted by Gasteiger charge is 2.33. The van der Waals surface area contributed by atoms with Gasteiger partial charge in [0.05, 0.1) is 12.1 Å². The van der Waals surface area contributed by atoms with Gasteiger partial charge in [0, 0.05) is 37.4 Å². The van der Waals surface area contributed by atoms with Crippen molar-refractivity contribution in [3.8, 4) is 0 Å². The number of imidazole rings is 1. The van der Waals surface area contributed by atoms with Crippen LogP contribution in [0.1, 0.15) is 17.2 Å². The van der Waals surface area contributed by atoms with Crippen molar-refractivity contribution in [1.29, 1.82) is 0 Å². The van der Waals surface area contributed by atoms with Crippen LogP contribution in [0.4, 0.5) is 0 Å². The van der Waals surface area contributed by atoms with E-state index in [1.807, 2.05) is 58.1 Å². The van der Waals surface area contributed by atoms with Gasteiger partial charge in [0.1, 0.15) is 5.65 Å². The highest BCUT2D eigenvalue weighted by molar-refractivity contribution is 5.79. The van der Waals surface area contributed by atoms with E-state index in [-0.39, 0.29) is 17.9 Å². The Morgan fingerprint density at radius 2 is 1.92 bits per heavy atom. The lowest BCUT2D eigenvalue weighted by Gasteiger charge is -2.16. The molecule has 3 aromatic rings. The number of amides is 1. The second-order valence-electron chi connectivity index (χ2n) is 6.35. The third-order valence-corrected chi connectivity index (χ3v) is 4.69. The van der Waals surface area contributed by atoms with Crippen LogP contribution in [0.3, 0.4) is 0 Å². The number of hydrogen-bond donors (Lipinski definition) is 1. The summed E-state index contributed by atoms with van der Waals surface area (Å²) < 4.78 is 1.94. The summed E-state index contributed by atoms with van der Waals surface area (Å²) in [7, 11) is 0. The summed E-state index contributed by atoms with van der Waals surface area (Å²) in [4.78, 5) is 19.0. The molecule has 1 aromatic carbocycles. The van der Waals surface area contributed by atoms with E-state index in [0.717, 1.165) is 11.3 Å². The van der Waals surface area contributed by atoms with E-state index in [0.29, 0.717) is 19.5 Å². The first-order valence-electron chi connectivity index (χ1n) is 8.21. The van der Waals surface area contributed by atoms with Gasteiger partial charge in [-0.15, -0.1) is 0 Å². The smallest absolute Gasteiger partial charge is 0.228 e. The molecule has 4 rings (SSSR count). The first-order valence-corrected chi connectivity index (χ1v) is 8.21.